The molecule has 1 amide bonds. The zero-order valence-corrected chi connectivity index (χ0v) is 15.6. The maximum Gasteiger partial charge on any atom is 0.251 e. The first-order valence-electron chi connectivity index (χ1n) is 8.48. The summed E-state index contributed by atoms with van der Waals surface area (Å²) in [5.41, 5.74) is 2.23. The highest BCUT2D eigenvalue weighted by Crippen LogP contribution is 2.21. The number of hydrogen-bond donors (Lipinski definition) is 1. The molecule has 3 rings (SSSR count). The maximum absolute atomic E-state index is 12.4. The van der Waals surface area contributed by atoms with E-state index in [-0.39, 0.29) is 5.91 Å². The minimum atomic E-state index is -0.146. The highest BCUT2D eigenvalue weighted by Gasteiger charge is 2.10. The summed E-state index contributed by atoms with van der Waals surface area (Å²) in [5, 5.41) is 5.68. The highest BCUT2D eigenvalue weighted by molar-refractivity contribution is 7.13. The van der Waals surface area contributed by atoms with Crippen molar-refractivity contribution in [1.82, 2.24) is 15.3 Å². The molecule has 0 saturated carbocycles. The van der Waals surface area contributed by atoms with E-state index in [9.17, 15) is 4.79 Å². The summed E-state index contributed by atoms with van der Waals surface area (Å²) in [4.78, 5) is 21.2. The first-order chi connectivity index (χ1) is 12.6. The van der Waals surface area contributed by atoms with E-state index in [1.165, 1.54) is 11.3 Å². The van der Waals surface area contributed by atoms with Gasteiger partial charge >= 0.3 is 0 Å². The molecular formula is C20H21N3O2S. The van der Waals surface area contributed by atoms with Crippen LogP contribution in [-0.4, -0.2) is 22.5 Å². The molecule has 1 aromatic carbocycles. The van der Waals surface area contributed by atoms with Crippen molar-refractivity contribution < 1.29 is 9.53 Å². The highest BCUT2D eigenvalue weighted by atomic mass is 32.1. The molecule has 0 aliphatic rings. The van der Waals surface area contributed by atoms with Crippen LogP contribution in [0.1, 0.15) is 29.9 Å². The Balaban J connectivity index is 1.59. The molecule has 2 aromatic heterocycles. The minimum Gasteiger partial charge on any atom is -0.493 e. The normalized spacial score (nSPS) is 10.7. The third-order valence-corrected chi connectivity index (χ3v) is 4.46. The second-order valence-corrected chi connectivity index (χ2v) is 7.13. The maximum atomic E-state index is 12.4. The van der Waals surface area contributed by atoms with Gasteiger partial charge in [-0.25, -0.2) is 4.98 Å². The SMILES string of the molecule is CC(C)COc1cccc(C(=O)NCc2csc(-c3ccccn3)n2)c1. The lowest BCUT2D eigenvalue weighted by molar-refractivity contribution is 0.0950. The molecule has 5 nitrogen and oxygen atoms in total. The molecule has 0 atom stereocenters. The first-order valence-corrected chi connectivity index (χ1v) is 9.36. The van der Waals surface area contributed by atoms with E-state index in [4.69, 9.17) is 4.74 Å². The summed E-state index contributed by atoms with van der Waals surface area (Å²) in [5.74, 6) is 0.996. The van der Waals surface area contributed by atoms with Gasteiger partial charge in [-0.15, -0.1) is 11.3 Å². The number of nitrogens with one attached hydrogen (secondary N) is 1. The van der Waals surface area contributed by atoms with Gasteiger partial charge < -0.3 is 10.1 Å². The Hall–Kier alpha value is -2.73. The van der Waals surface area contributed by atoms with Gasteiger partial charge in [0, 0.05) is 17.1 Å². The van der Waals surface area contributed by atoms with Crippen molar-refractivity contribution in [2.24, 2.45) is 5.92 Å². The molecule has 0 aliphatic heterocycles. The second-order valence-electron chi connectivity index (χ2n) is 6.27. The van der Waals surface area contributed by atoms with Crippen LogP contribution in [0.3, 0.4) is 0 Å². The molecule has 0 fully saturated rings. The zero-order valence-electron chi connectivity index (χ0n) is 14.8. The Morgan fingerprint density at radius 3 is 2.88 bits per heavy atom. The monoisotopic (exact) mass is 367 g/mol. The van der Waals surface area contributed by atoms with Gasteiger partial charge in [-0.2, -0.15) is 0 Å². The molecule has 0 saturated heterocycles. The number of carbonyl (C=O) groups is 1. The Kier molecular flexibility index (Phi) is 5.96. The number of aromatic nitrogens is 2. The molecule has 26 heavy (non-hydrogen) atoms. The summed E-state index contributed by atoms with van der Waals surface area (Å²) < 4.78 is 5.68. The number of pyridine rings is 1. The quantitative estimate of drug-likeness (QED) is 0.681. The average Bonchev–Trinajstić information content (AvgIpc) is 3.14. The van der Waals surface area contributed by atoms with E-state index in [2.05, 4.69) is 29.1 Å². The van der Waals surface area contributed by atoms with E-state index in [0.717, 1.165) is 16.4 Å². The van der Waals surface area contributed by atoms with Gasteiger partial charge in [0.15, 0.2) is 0 Å². The minimum absolute atomic E-state index is 0.146. The van der Waals surface area contributed by atoms with Gasteiger partial charge in [0.25, 0.3) is 5.91 Å². The molecule has 0 unspecified atom stereocenters. The zero-order chi connectivity index (χ0) is 18.4. The molecular weight excluding hydrogens is 346 g/mol. The largest absolute Gasteiger partial charge is 0.493 e. The lowest BCUT2D eigenvalue weighted by Crippen LogP contribution is -2.23. The van der Waals surface area contributed by atoms with Crippen molar-refractivity contribution >= 4 is 17.2 Å². The van der Waals surface area contributed by atoms with Gasteiger partial charge in [0.1, 0.15) is 10.8 Å². The number of ether oxygens (including phenoxy) is 1. The van der Waals surface area contributed by atoms with Gasteiger partial charge in [-0.05, 0) is 36.2 Å². The van der Waals surface area contributed by atoms with Crippen LogP contribution in [-0.2, 0) is 6.54 Å². The number of benzene rings is 1. The second kappa shape index (κ2) is 8.58. The summed E-state index contributed by atoms with van der Waals surface area (Å²) in [7, 11) is 0. The number of nitrogens with zero attached hydrogens (tertiary/aromatic N) is 2. The Labute approximate surface area is 157 Å². The van der Waals surface area contributed by atoms with Crippen molar-refractivity contribution in [3.63, 3.8) is 0 Å². The topological polar surface area (TPSA) is 64.1 Å². The van der Waals surface area contributed by atoms with Crippen molar-refractivity contribution in [3.8, 4) is 16.5 Å². The Morgan fingerprint density at radius 2 is 2.12 bits per heavy atom. The molecule has 0 radical (unpaired) electrons. The van der Waals surface area contributed by atoms with Gasteiger partial charge in [0.05, 0.1) is 24.5 Å². The number of carbonyl (C=O) groups excluding carboxylic acids is 1. The Morgan fingerprint density at radius 1 is 1.23 bits per heavy atom. The van der Waals surface area contributed by atoms with Crippen LogP contribution in [0, 0.1) is 5.92 Å². The fraction of sp³-hybridized carbons (Fsp3) is 0.250. The van der Waals surface area contributed by atoms with E-state index < -0.39 is 0 Å². The van der Waals surface area contributed by atoms with Gasteiger partial charge in [-0.1, -0.05) is 26.0 Å². The number of rotatable bonds is 7. The van der Waals surface area contributed by atoms with Crippen LogP contribution in [0.2, 0.25) is 0 Å². The summed E-state index contributed by atoms with van der Waals surface area (Å²) in [6.45, 7) is 5.17. The first kappa shape index (κ1) is 18.1. The van der Waals surface area contributed by atoms with E-state index in [1.807, 2.05) is 35.7 Å². The molecule has 0 spiro atoms. The fourth-order valence-corrected chi connectivity index (χ4v) is 3.05. The summed E-state index contributed by atoms with van der Waals surface area (Å²) in [6, 6.07) is 12.9. The summed E-state index contributed by atoms with van der Waals surface area (Å²) in [6.07, 6.45) is 1.74. The number of hydrogen-bond acceptors (Lipinski definition) is 5. The Bertz CT molecular complexity index is 862. The van der Waals surface area contributed by atoms with Crippen LogP contribution >= 0.6 is 11.3 Å². The van der Waals surface area contributed by atoms with Crippen molar-refractivity contribution in [1.29, 1.82) is 0 Å². The molecule has 0 aliphatic carbocycles. The molecule has 3 aromatic rings. The molecule has 134 valence electrons. The van der Waals surface area contributed by atoms with Crippen LogP contribution in [0.15, 0.2) is 54.0 Å². The van der Waals surface area contributed by atoms with Crippen molar-refractivity contribution in [3.05, 3.63) is 65.3 Å². The molecule has 0 bridgehead atoms. The molecule has 1 N–H and O–H groups in total. The third-order valence-electron chi connectivity index (χ3n) is 3.55. The van der Waals surface area contributed by atoms with Crippen molar-refractivity contribution in [2.75, 3.05) is 6.61 Å². The van der Waals surface area contributed by atoms with Crippen molar-refractivity contribution in [2.45, 2.75) is 20.4 Å². The molecule has 6 heteroatoms. The predicted molar refractivity (Wildman–Crippen MR) is 103 cm³/mol. The number of thiazole rings is 1. The standard InChI is InChI=1S/C20H21N3O2S/c1-14(2)12-25-17-7-5-6-15(10-17)19(24)22-11-16-13-26-20(23-16)18-8-3-4-9-21-18/h3-10,13-14H,11-12H2,1-2H3,(H,22,24). The lowest BCUT2D eigenvalue weighted by Gasteiger charge is -2.10. The van der Waals surface area contributed by atoms with Crippen LogP contribution in [0.25, 0.3) is 10.7 Å². The van der Waals surface area contributed by atoms with E-state index in [0.29, 0.717) is 30.4 Å². The predicted octanol–water partition coefficient (Wildman–Crippen LogP) is 4.17. The van der Waals surface area contributed by atoms with Gasteiger partial charge in [0.2, 0.25) is 0 Å². The summed E-state index contributed by atoms with van der Waals surface area (Å²) >= 11 is 1.52. The van der Waals surface area contributed by atoms with Crippen LogP contribution in [0.5, 0.6) is 5.75 Å². The fourth-order valence-electron chi connectivity index (χ4n) is 2.26. The average molecular weight is 367 g/mol. The van der Waals surface area contributed by atoms with Crippen LogP contribution < -0.4 is 10.1 Å². The lowest BCUT2D eigenvalue weighted by atomic mass is 10.2. The molecule has 2 heterocycles. The van der Waals surface area contributed by atoms with E-state index >= 15 is 0 Å². The third kappa shape index (κ3) is 4.89. The smallest absolute Gasteiger partial charge is 0.251 e. The van der Waals surface area contributed by atoms with Crippen LogP contribution in [0.4, 0.5) is 0 Å². The number of amides is 1. The van der Waals surface area contributed by atoms with E-state index in [1.54, 1.807) is 18.3 Å². The van der Waals surface area contributed by atoms with Gasteiger partial charge in [-0.3, -0.25) is 9.78 Å².